The monoisotopic (exact) mass is 298 g/mol. The SMILES string of the molecule is CSCCC(C)NC(=O)[C@@H](N)Cc1ccc(O)c(O)c1. The number of aromatic hydroxyl groups is 2. The summed E-state index contributed by atoms with van der Waals surface area (Å²) in [5.74, 6) is 0.398. The molecule has 1 amide bonds. The van der Waals surface area contributed by atoms with Crippen LogP contribution < -0.4 is 11.1 Å². The van der Waals surface area contributed by atoms with E-state index in [2.05, 4.69) is 5.32 Å². The highest BCUT2D eigenvalue weighted by Crippen LogP contribution is 2.25. The number of phenols is 2. The van der Waals surface area contributed by atoms with Gasteiger partial charge in [0, 0.05) is 6.04 Å². The number of carbonyl (C=O) groups excluding carboxylic acids is 1. The van der Waals surface area contributed by atoms with Crippen LogP contribution in [0.3, 0.4) is 0 Å². The summed E-state index contributed by atoms with van der Waals surface area (Å²) in [5.41, 5.74) is 6.56. The van der Waals surface area contributed by atoms with Crippen molar-refractivity contribution in [1.29, 1.82) is 0 Å². The van der Waals surface area contributed by atoms with E-state index in [9.17, 15) is 15.0 Å². The molecule has 1 rings (SSSR count). The Morgan fingerprint density at radius 3 is 2.70 bits per heavy atom. The lowest BCUT2D eigenvalue weighted by atomic mass is 10.0. The van der Waals surface area contributed by atoms with E-state index in [1.165, 1.54) is 12.1 Å². The number of amides is 1. The molecule has 0 bridgehead atoms. The van der Waals surface area contributed by atoms with Gasteiger partial charge in [-0.25, -0.2) is 0 Å². The van der Waals surface area contributed by atoms with Crippen molar-refractivity contribution in [2.75, 3.05) is 12.0 Å². The van der Waals surface area contributed by atoms with E-state index in [1.54, 1.807) is 17.8 Å². The lowest BCUT2D eigenvalue weighted by Gasteiger charge is -2.17. The molecule has 0 heterocycles. The molecule has 0 aliphatic rings. The van der Waals surface area contributed by atoms with Crippen LogP contribution in [0.2, 0.25) is 0 Å². The summed E-state index contributed by atoms with van der Waals surface area (Å²) in [4.78, 5) is 11.9. The molecule has 0 saturated carbocycles. The van der Waals surface area contributed by atoms with Crippen molar-refractivity contribution in [3.05, 3.63) is 23.8 Å². The molecule has 112 valence electrons. The Morgan fingerprint density at radius 1 is 1.40 bits per heavy atom. The lowest BCUT2D eigenvalue weighted by Crippen LogP contribution is -2.45. The molecule has 0 aromatic heterocycles. The van der Waals surface area contributed by atoms with Crippen molar-refractivity contribution >= 4 is 17.7 Å². The smallest absolute Gasteiger partial charge is 0.237 e. The van der Waals surface area contributed by atoms with Gasteiger partial charge in [-0.05, 0) is 49.5 Å². The van der Waals surface area contributed by atoms with Gasteiger partial charge in [0.15, 0.2) is 11.5 Å². The maximum absolute atomic E-state index is 11.9. The van der Waals surface area contributed by atoms with E-state index in [4.69, 9.17) is 5.73 Å². The Bertz CT molecular complexity index is 454. The van der Waals surface area contributed by atoms with Crippen LogP contribution in [-0.4, -0.2) is 40.2 Å². The van der Waals surface area contributed by atoms with Crippen LogP contribution in [0.5, 0.6) is 11.5 Å². The van der Waals surface area contributed by atoms with Crippen molar-refractivity contribution in [1.82, 2.24) is 5.32 Å². The van der Waals surface area contributed by atoms with E-state index in [1.807, 2.05) is 13.2 Å². The van der Waals surface area contributed by atoms with E-state index >= 15 is 0 Å². The first-order valence-corrected chi connectivity index (χ1v) is 7.89. The van der Waals surface area contributed by atoms with Crippen LogP contribution in [-0.2, 0) is 11.2 Å². The second-order valence-corrected chi connectivity index (χ2v) is 5.81. The minimum Gasteiger partial charge on any atom is -0.504 e. The number of hydrogen-bond acceptors (Lipinski definition) is 5. The maximum Gasteiger partial charge on any atom is 0.237 e. The third-order valence-corrected chi connectivity index (χ3v) is 3.62. The van der Waals surface area contributed by atoms with Crippen LogP contribution >= 0.6 is 11.8 Å². The molecular weight excluding hydrogens is 276 g/mol. The number of phenolic OH excluding ortho intramolecular Hbond substituents is 2. The highest BCUT2D eigenvalue weighted by atomic mass is 32.2. The number of hydrogen-bond donors (Lipinski definition) is 4. The Kier molecular flexibility index (Phi) is 6.67. The van der Waals surface area contributed by atoms with Crippen molar-refractivity contribution in [3.63, 3.8) is 0 Å². The molecule has 1 aromatic rings. The van der Waals surface area contributed by atoms with Gasteiger partial charge in [-0.3, -0.25) is 4.79 Å². The summed E-state index contributed by atoms with van der Waals surface area (Å²) in [6.45, 7) is 1.95. The van der Waals surface area contributed by atoms with Crippen LogP contribution in [0.25, 0.3) is 0 Å². The zero-order chi connectivity index (χ0) is 15.1. The number of rotatable bonds is 7. The molecule has 6 heteroatoms. The summed E-state index contributed by atoms with van der Waals surface area (Å²) in [6.07, 6.45) is 3.24. The molecule has 0 spiro atoms. The fourth-order valence-electron chi connectivity index (χ4n) is 1.76. The highest BCUT2D eigenvalue weighted by Gasteiger charge is 2.16. The fraction of sp³-hybridized carbons (Fsp3) is 0.500. The number of benzene rings is 1. The number of thioether (sulfide) groups is 1. The summed E-state index contributed by atoms with van der Waals surface area (Å²) in [7, 11) is 0. The summed E-state index contributed by atoms with van der Waals surface area (Å²) < 4.78 is 0. The second kappa shape index (κ2) is 8.01. The molecule has 5 nitrogen and oxygen atoms in total. The molecule has 0 saturated heterocycles. The first kappa shape index (κ1) is 16.7. The third kappa shape index (κ3) is 5.30. The van der Waals surface area contributed by atoms with E-state index in [-0.39, 0.29) is 23.4 Å². The Morgan fingerprint density at radius 2 is 2.10 bits per heavy atom. The Hall–Kier alpha value is -1.40. The zero-order valence-electron chi connectivity index (χ0n) is 11.8. The zero-order valence-corrected chi connectivity index (χ0v) is 12.6. The Labute approximate surface area is 123 Å². The minimum absolute atomic E-state index is 0.0919. The van der Waals surface area contributed by atoms with Gasteiger partial charge in [0.1, 0.15) is 0 Å². The first-order chi connectivity index (χ1) is 9.43. The topological polar surface area (TPSA) is 95.6 Å². The molecular formula is C14H22N2O3S. The fourth-order valence-corrected chi connectivity index (χ4v) is 2.35. The number of nitrogens with one attached hydrogen (secondary N) is 1. The molecule has 0 aliphatic carbocycles. The van der Waals surface area contributed by atoms with E-state index in [0.717, 1.165) is 12.2 Å². The van der Waals surface area contributed by atoms with Crippen molar-refractivity contribution < 1.29 is 15.0 Å². The largest absolute Gasteiger partial charge is 0.504 e. The van der Waals surface area contributed by atoms with Crippen molar-refractivity contribution in [2.45, 2.75) is 31.8 Å². The highest BCUT2D eigenvalue weighted by molar-refractivity contribution is 7.98. The molecule has 1 aromatic carbocycles. The second-order valence-electron chi connectivity index (χ2n) is 4.82. The van der Waals surface area contributed by atoms with Gasteiger partial charge in [0.05, 0.1) is 6.04 Å². The van der Waals surface area contributed by atoms with Crippen LogP contribution in [0.4, 0.5) is 0 Å². The third-order valence-electron chi connectivity index (χ3n) is 2.98. The van der Waals surface area contributed by atoms with E-state index < -0.39 is 6.04 Å². The van der Waals surface area contributed by atoms with Crippen LogP contribution in [0, 0.1) is 0 Å². The molecule has 5 N–H and O–H groups in total. The maximum atomic E-state index is 11.9. The summed E-state index contributed by atoms with van der Waals surface area (Å²) >= 11 is 1.74. The van der Waals surface area contributed by atoms with Crippen LogP contribution in [0.15, 0.2) is 18.2 Å². The molecule has 20 heavy (non-hydrogen) atoms. The predicted octanol–water partition coefficient (Wildman–Crippen LogP) is 1.23. The van der Waals surface area contributed by atoms with E-state index in [0.29, 0.717) is 12.0 Å². The van der Waals surface area contributed by atoms with Gasteiger partial charge in [-0.15, -0.1) is 0 Å². The molecule has 0 fully saturated rings. The minimum atomic E-state index is -0.671. The van der Waals surface area contributed by atoms with Gasteiger partial charge >= 0.3 is 0 Å². The average molecular weight is 298 g/mol. The van der Waals surface area contributed by atoms with Gasteiger partial charge in [0.2, 0.25) is 5.91 Å². The first-order valence-electron chi connectivity index (χ1n) is 6.49. The standard InChI is InChI=1S/C14H22N2O3S/c1-9(5-6-20-2)16-14(19)11(15)7-10-3-4-12(17)13(18)8-10/h3-4,8-9,11,17-18H,5-7,15H2,1-2H3,(H,16,19)/t9?,11-/m0/s1. The van der Waals surface area contributed by atoms with Crippen molar-refractivity contribution in [3.8, 4) is 11.5 Å². The number of carbonyl (C=O) groups is 1. The Balaban J connectivity index is 2.50. The van der Waals surface area contributed by atoms with Gasteiger partial charge in [0.25, 0.3) is 0 Å². The normalized spacial score (nSPS) is 13.8. The number of nitrogens with two attached hydrogens (primary N) is 1. The molecule has 0 radical (unpaired) electrons. The summed E-state index contributed by atoms with van der Waals surface area (Å²) in [5, 5.41) is 21.5. The molecule has 2 atom stereocenters. The predicted molar refractivity (Wildman–Crippen MR) is 82.1 cm³/mol. The van der Waals surface area contributed by atoms with Crippen LogP contribution in [0.1, 0.15) is 18.9 Å². The lowest BCUT2D eigenvalue weighted by molar-refractivity contribution is -0.122. The quantitative estimate of drug-likeness (QED) is 0.568. The average Bonchev–Trinajstić information content (AvgIpc) is 2.40. The van der Waals surface area contributed by atoms with Gasteiger partial charge in [-0.2, -0.15) is 11.8 Å². The van der Waals surface area contributed by atoms with Gasteiger partial charge in [-0.1, -0.05) is 6.07 Å². The van der Waals surface area contributed by atoms with Gasteiger partial charge < -0.3 is 21.3 Å². The summed E-state index contributed by atoms with van der Waals surface area (Å²) in [6, 6.07) is 3.86. The van der Waals surface area contributed by atoms with Crippen molar-refractivity contribution in [2.24, 2.45) is 5.73 Å². The molecule has 0 aliphatic heterocycles. The molecule has 1 unspecified atom stereocenters.